The smallest absolute Gasteiger partial charge is 0.415 e. The number of hydrogen-bond acceptors (Lipinski definition) is 4. The molecule has 0 radical (unpaired) electrons. The number of benzene rings is 2. The molecule has 0 saturated heterocycles. The van der Waals surface area contributed by atoms with E-state index in [-0.39, 0.29) is 11.2 Å². The van der Waals surface area contributed by atoms with E-state index in [0.29, 0.717) is 12.4 Å². The van der Waals surface area contributed by atoms with E-state index >= 15 is 0 Å². The summed E-state index contributed by atoms with van der Waals surface area (Å²) in [5.41, 5.74) is 1.94. The Labute approximate surface area is 195 Å². The maximum absolute atomic E-state index is 12.8. The quantitative estimate of drug-likeness (QED) is 0.413. The third-order valence-corrected chi connectivity index (χ3v) is 4.99. The van der Waals surface area contributed by atoms with Crippen LogP contribution in [0.25, 0.3) is 16.8 Å². The average molecular weight is 449 g/mol. The fourth-order valence-corrected chi connectivity index (χ4v) is 3.29. The van der Waals surface area contributed by atoms with Crippen molar-refractivity contribution in [2.75, 3.05) is 18.6 Å². The van der Waals surface area contributed by atoms with Crippen molar-refractivity contribution in [1.29, 1.82) is 0 Å². The summed E-state index contributed by atoms with van der Waals surface area (Å²) in [7, 11) is 1.60. The van der Waals surface area contributed by atoms with Gasteiger partial charge in [0.1, 0.15) is 11.4 Å². The van der Waals surface area contributed by atoms with Crippen LogP contribution in [0.5, 0.6) is 5.75 Å². The summed E-state index contributed by atoms with van der Waals surface area (Å²) in [6, 6.07) is 19.4. The van der Waals surface area contributed by atoms with Gasteiger partial charge in [-0.05, 0) is 50.5 Å². The fourth-order valence-electron chi connectivity index (χ4n) is 3.29. The van der Waals surface area contributed by atoms with Crippen LogP contribution < -0.4 is 15.1 Å². The number of nitrogens with zero attached hydrogens (tertiary/aromatic N) is 2. The molecule has 1 heterocycles. The number of hydrogen-bond donors (Lipinski definition) is 0. The zero-order valence-electron chi connectivity index (χ0n) is 20.0. The second-order valence-electron chi connectivity index (χ2n) is 8.89. The van der Waals surface area contributed by atoms with Crippen molar-refractivity contribution in [2.24, 2.45) is 0 Å². The summed E-state index contributed by atoms with van der Waals surface area (Å²) in [6.07, 6.45) is 2.92. The zero-order chi connectivity index (χ0) is 24.0. The first kappa shape index (κ1) is 24.1. The number of carbonyl (C=O) groups is 1. The molecule has 1 aromatic heterocycles. The largest absolute Gasteiger partial charge is 0.488 e. The van der Waals surface area contributed by atoms with Crippen molar-refractivity contribution in [3.63, 3.8) is 0 Å². The van der Waals surface area contributed by atoms with E-state index in [1.165, 1.54) is 11.0 Å². The average Bonchev–Trinajstić information content (AvgIpc) is 2.79. The normalized spacial score (nSPS) is 11.2. The third-order valence-electron chi connectivity index (χ3n) is 4.99. The molecule has 0 aliphatic rings. The summed E-state index contributed by atoms with van der Waals surface area (Å²) in [4.78, 5) is 26.9. The second kappa shape index (κ2) is 10.4. The lowest BCUT2D eigenvalue weighted by Crippen LogP contribution is -2.36. The van der Waals surface area contributed by atoms with Crippen molar-refractivity contribution >= 4 is 11.9 Å². The van der Waals surface area contributed by atoms with Crippen molar-refractivity contribution in [2.45, 2.75) is 46.1 Å². The molecule has 33 heavy (non-hydrogen) atoms. The van der Waals surface area contributed by atoms with Crippen molar-refractivity contribution in [3.05, 3.63) is 77.1 Å². The van der Waals surface area contributed by atoms with E-state index in [0.717, 1.165) is 29.7 Å². The Bertz CT molecular complexity index is 1150. The van der Waals surface area contributed by atoms with Crippen LogP contribution >= 0.6 is 0 Å². The van der Waals surface area contributed by atoms with Gasteiger partial charge in [0.05, 0.1) is 12.8 Å². The number of ether oxygens (including phenoxy) is 2. The Hall–Kier alpha value is -3.54. The van der Waals surface area contributed by atoms with Crippen molar-refractivity contribution in [1.82, 2.24) is 4.57 Å². The number of unbranched alkanes of at least 4 members (excludes halogenated alkanes) is 1. The van der Waals surface area contributed by atoms with Crippen LogP contribution in [0.3, 0.4) is 0 Å². The van der Waals surface area contributed by atoms with E-state index in [1.807, 2.05) is 54.6 Å². The minimum atomic E-state index is -0.660. The van der Waals surface area contributed by atoms with Gasteiger partial charge in [0.25, 0.3) is 0 Å². The van der Waals surface area contributed by atoms with Gasteiger partial charge in [0, 0.05) is 18.8 Å². The number of anilines is 1. The van der Waals surface area contributed by atoms with Crippen LogP contribution in [0.4, 0.5) is 10.6 Å². The molecule has 0 bridgehead atoms. The maximum Gasteiger partial charge on any atom is 0.415 e. The Morgan fingerprint density at radius 2 is 1.70 bits per heavy atom. The lowest BCUT2D eigenvalue weighted by atomic mass is 10.1. The van der Waals surface area contributed by atoms with Gasteiger partial charge >= 0.3 is 6.09 Å². The van der Waals surface area contributed by atoms with Gasteiger partial charge in [-0.1, -0.05) is 55.8 Å². The van der Waals surface area contributed by atoms with Crippen LogP contribution in [-0.4, -0.2) is 29.9 Å². The first-order chi connectivity index (χ1) is 15.7. The molecule has 6 heteroatoms. The Kier molecular flexibility index (Phi) is 7.59. The molecule has 0 saturated carbocycles. The number of rotatable bonds is 7. The van der Waals surface area contributed by atoms with Gasteiger partial charge in [-0.2, -0.15) is 0 Å². The molecule has 0 spiro atoms. The molecule has 0 atom stereocenters. The molecule has 3 aromatic rings. The molecule has 6 nitrogen and oxygen atoms in total. The number of pyridine rings is 1. The lowest BCUT2D eigenvalue weighted by Gasteiger charge is -2.27. The molecule has 1 amide bonds. The highest BCUT2D eigenvalue weighted by molar-refractivity contribution is 5.86. The van der Waals surface area contributed by atoms with Gasteiger partial charge in [-0.15, -0.1) is 0 Å². The van der Waals surface area contributed by atoms with Crippen LogP contribution in [0.2, 0.25) is 0 Å². The standard InChI is InChI=1S/C27H32N2O4/c1-6-7-16-32-24-19-29(22-15-11-14-21(17-22)20-12-9-8-10-13-20)25(18-23(24)30)28(5)26(31)33-27(2,3)4/h8-15,17-19H,6-7,16H2,1-5H3. The summed E-state index contributed by atoms with van der Waals surface area (Å²) in [5, 5.41) is 0. The summed E-state index contributed by atoms with van der Waals surface area (Å²) >= 11 is 0. The van der Waals surface area contributed by atoms with Crippen LogP contribution in [0.15, 0.2) is 71.7 Å². The molecule has 2 aromatic carbocycles. The van der Waals surface area contributed by atoms with E-state index in [4.69, 9.17) is 9.47 Å². The molecule has 0 unspecified atom stereocenters. The van der Waals surface area contributed by atoms with Crippen LogP contribution in [0.1, 0.15) is 40.5 Å². The predicted molar refractivity (Wildman–Crippen MR) is 133 cm³/mol. The highest BCUT2D eigenvalue weighted by Crippen LogP contribution is 2.27. The van der Waals surface area contributed by atoms with E-state index in [9.17, 15) is 9.59 Å². The topological polar surface area (TPSA) is 60.8 Å². The SMILES string of the molecule is CCCCOc1cn(-c2cccc(-c3ccccc3)c2)c(N(C)C(=O)OC(C)(C)C)cc1=O. The van der Waals surface area contributed by atoms with Gasteiger partial charge in [0.2, 0.25) is 5.43 Å². The van der Waals surface area contributed by atoms with Crippen LogP contribution in [-0.2, 0) is 4.74 Å². The molecular weight excluding hydrogens is 416 g/mol. The number of carbonyl (C=O) groups excluding carboxylic acids is 1. The van der Waals surface area contributed by atoms with Gasteiger partial charge < -0.3 is 9.47 Å². The Morgan fingerprint density at radius 1 is 1.00 bits per heavy atom. The molecule has 3 rings (SSSR count). The molecular formula is C27H32N2O4. The molecule has 0 N–H and O–H groups in total. The zero-order valence-corrected chi connectivity index (χ0v) is 20.0. The van der Waals surface area contributed by atoms with Gasteiger partial charge in [-0.3, -0.25) is 14.3 Å². The molecule has 0 aliphatic heterocycles. The summed E-state index contributed by atoms with van der Waals surface area (Å²) < 4.78 is 13.1. The Morgan fingerprint density at radius 3 is 2.36 bits per heavy atom. The number of amides is 1. The monoisotopic (exact) mass is 448 g/mol. The highest BCUT2D eigenvalue weighted by Gasteiger charge is 2.23. The first-order valence-corrected chi connectivity index (χ1v) is 11.2. The minimum absolute atomic E-state index is 0.245. The van der Waals surface area contributed by atoms with Crippen molar-refractivity contribution in [3.8, 4) is 22.6 Å². The fraction of sp³-hybridized carbons (Fsp3) is 0.333. The number of aromatic nitrogens is 1. The highest BCUT2D eigenvalue weighted by atomic mass is 16.6. The maximum atomic E-state index is 12.8. The first-order valence-electron chi connectivity index (χ1n) is 11.2. The summed E-state index contributed by atoms with van der Waals surface area (Å²) in [6.45, 7) is 7.94. The van der Waals surface area contributed by atoms with E-state index in [1.54, 1.807) is 38.6 Å². The predicted octanol–water partition coefficient (Wildman–Crippen LogP) is 6.05. The molecule has 174 valence electrons. The lowest BCUT2D eigenvalue weighted by molar-refractivity contribution is 0.0587. The van der Waals surface area contributed by atoms with Crippen LogP contribution in [0, 0.1) is 0 Å². The molecule has 0 aliphatic carbocycles. The van der Waals surface area contributed by atoms with Gasteiger partial charge in [0.15, 0.2) is 5.75 Å². The van der Waals surface area contributed by atoms with Gasteiger partial charge in [-0.25, -0.2) is 4.79 Å². The Balaban J connectivity index is 2.10. The molecule has 0 fully saturated rings. The summed E-state index contributed by atoms with van der Waals surface area (Å²) in [5.74, 6) is 0.636. The van der Waals surface area contributed by atoms with Crippen molar-refractivity contribution < 1.29 is 14.3 Å². The minimum Gasteiger partial charge on any atom is -0.488 e. The third kappa shape index (κ3) is 6.25. The van der Waals surface area contributed by atoms with E-state index < -0.39 is 11.7 Å². The second-order valence-corrected chi connectivity index (χ2v) is 8.89. The van der Waals surface area contributed by atoms with E-state index in [2.05, 4.69) is 6.92 Å².